The number of ether oxygens (including phenoxy) is 3. The maximum Gasteiger partial charge on any atom is 0.331 e. The number of nitrogens with one attached hydrogen (secondary N) is 2. The molecule has 2 atom stereocenters. The highest BCUT2D eigenvalue weighted by molar-refractivity contribution is 6.30. The molecule has 2 rings (SSSR count). The van der Waals surface area contributed by atoms with Crippen molar-refractivity contribution in [2.75, 3.05) is 18.5 Å². The smallest absolute Gasteiger partial charge is 0.331 e. The Hall–Kier alpha value is -2.09. The molecule has 0 unspecified atom stereocenters. The Bertz CT molecular complexity index is 741. The van der Waals surface area contributed by atoms with E-state index in [1.54, 1.807) is 31.2 Å². The first-order chi connectivity index (χ1) is 13.2. The Labute approximate surface area is 170 Å². The van der Waals surface area contributed by atoms with Crippen molar-refractivity contribution in [1.82, 2.24) is 5.32 Å². The van der Waals surface area contributed by atoms with Crippen LogP contribution in [0.1, 0.15) is 34.6 Å². The third-order valence-corrected chi connectivity index (χ3v) is 4.69. The van der Waals surface area contributed by atoms with Crippen LogP contribution >= 0.6 is 11.6 Å². The predicted octanol–water partition coefficient (Wildman–Crippen LogP) is 3.45. The molecule has 0 radical (unpaired) electrons. The van der Waals surface area contributed by atoms with Gasteiger partial charge in [0.15, 0.2) is 0 Å². The molecule has 0 aromatic heterocycles. The Morgan fingerprint density at radius 1 is 1.18 bits per heavy atom. The van der Waals surface area contributed by atoms with Crippen LogP contribution in [-0.4, -0.2) is 37.0 Å². The molecule has 0 bridgehead atoms. The van der Waals surface area contributed by atoms with Crippen LogP contribution in [-0.2, 0) is 23.8 Å². The average Bonchev–Trinajstić information content (AvgIpc) is 2.61. The van der Waals surface area contributed by atoms with Gasteiger partial charge in [-0.3, -0.25) is 9.59 Å². The summed E-state index contributed by atoms with van der Waals surface area (Å²) in [6, 6.07) is 6.09. The fourth-order valence-electron chi connectivity index (χ4n) is 3.25. The van der Waals surface area contributed by atoms with Crippen LogP contribution in [0.4, 0.5) is 5.69 Å². The topological polar surface area (TPSA) is 85.9 Å². The van der Waals surface area contributed by atoms with Gasteiger partial charge in [0.25, 0.3) is 5.91 Å². The molecule has 8 heteroatoms. The Balaban J connectivity index is 2.41. The van der Waals surface area contributed by atoms with E-state index in [4.69, 9.17) is 25.8 Å². The maximum atomic E-state index is 13.0. The first-order valence-electron chi connectivity index (χ1n) is 9.25. The normalized spacial score (nSPS) is 21.1. The van der Waals surface area contributed by atoms with Crippen LogP contribution in [0.25, 0.3) is 0 Å². The molecular weight excluding hydrogens is 384 g/mol. The maximum absolute atomic E-state index is 13.0. The van der Waals surface area contributed by atoms with Gasteiger partial charge >= 0.3 is 5.97 Å². The van der Waals surface area contributed by atoms with E-state index in [0.29, 0.717) is 35.3 Å². The molecule has 28 heavy (non-hydrogen) atoms. The van der Waals surface area contributed by atoms with Crippen molar-refractivity contribution in [1.29, 1.82) is 0 Å². The van der Waals surface area contributed by atoms with Crippen molar-refractivity contribution >= 4 is 29.1 Å². The quantitative estimate of drug-likeness (QED) is 0.672. The fourth-order valence-corrected chi connectivity index (χ4v) is 3.38. The first-order valence-corrected chi connectivity index (χ1v) is 9.63. The van der Waals surface area contributed by atoms with Crippen molar-refractivity contribution in [3.05, 3.63) is 40.6 Å². The average molecular weight is 411 g/mol. The number of anilines is 1. The lowest BCUT2D eigenvalue weighted by atomic mass is 9.88. The van der Waals surface area contributed by atoms with Crippen molar-refractivity contribution in [3.8, 4) is 0 Å². The second kappa shape index (κ2) is 9.41. The van der Waals surface area contributed by atoms with Crippen LogP contribution in [0.15, 0.2) is 35.6 Å². The van der Waals surface area contributed by atoms with Crippen molar-refractivity contribution in [2.45, 2.75) is 46.6 Å². The molecule has 0 aliphatic carbocycles. The van der Waals surface area contributed by atoms with Gasteiger partial charge < -0.3 is 24.8 Å². The number of benzene rings is 1. The van der Waals surface area contributed by atoms with Gasteiger partial charge in [-0.2, -0.15) is 0 Å². The lowest BCUT2D eigenvalue weighted by Gasteiger charge is -2.45. The van der Waals surface area contributed by atoms with E-state index < -0.39 is 17.9 Å². The zero-order chi connectivity index (χ0) is 20.9. The zero-order valence-electron chi connectivity index (χ0n) is 16.8. The summed E-state index contributed by atoms with van der Waals surface area (Å²) in [7, 11) is 0. The van der Waals surface area contributed by atoms with Crippen LogP contribution in [0.3, 0.4) is 0 Å². The van der Waals surface area contributed by atoms with Crippen LogP contribution < -0.4 is 10.6 Å². The highest BCUT2D eigenvalue weighted by Gasteiger charge is 2.52. The predicted molar refractivity (Wildman–Crippen MR) is 107 cm³/mol. The van der Waals surface area contributed by atoms with E-state index in [1.165, 1.54) is 6.92 Å². The van der Waals surface area contributed by atoms with Gasteiger partial charge in [0.2, 0.25) is 5.91 Å². The Kier molecular flexibility index (Phi) is 7.46. The van der Waals surface area contributed by atoms with Gasteiger partial charge in [0, 0.05) is 17.6 Å². The van der Waals surface area contributed by atoms with Crippen molar-refractivity contribution in [3.63, 3.8) is 0 Å². The van der Waals surface area contributed by atoms with Crippen molar-refractivity contribution < 1.29 is 23.8 Å². The fraction of sp³-hybridized carbons (Fsp3) is 0.500. The van der Waals surface area contributed by atoms with Crippen LogP contribution in [0.2, 0.25) is 5.02 Å². The summed E-state index contributed by atoms with van der Waals surface area (Å²) >= 11 is 5.89. The summed E-state index contributed by atoms with van der Waals surface area (Å²) in [6.07, 6.45) is 0. The molecule has 1 aromatic carbocycles. The number of hydrogen-bond donors (Lipinski definition) is 2. The summed E-state index contributed by atoms with van der Waals surface area (Å²) in [5, 5.41) is 6.22. The third-order valence-electron chi connectivity index (χ3n) is 4.44. The number of rotatable bonds is 7. The van der Waals surface area contributed by atoms with E-state index in [0.717, 1.165) is 0 Å². The Morgan fingerprint density at radius 2 is 1.75 bits per heavy atom. The van der Waals surface area contributed by atoms with Crippen LogP contribution in [0.5, 0.6) is 0 Å². The van der Waals surface area contributed by atoms with E-state index in [-0.39, 0.29) is 11.8 Å². The summed E-state index contributed by atoms with van der Waals surface area (Å²) in [6.45, 7) is 9.21. The van der Waals surface area contributed by atoms with Gasteiger partial charge in [0.05, 0.1) is 30.7 Å². The SMILES string of the molecule is CCOC1(OCC)OC(C)=C(C(=O)Nc2ccc(Cl)cc2)[C@@H](NC(C)=O)[C@@H]1C. The van der Waals surface area contributed by atoms with E-state index >= 15 is 0 Å². The van der Waals surface area contributed by atoms with Gasteiger partial charge in [-0.1, -0.05) is 18.5 Å². The molecule has 1 heterocycles. The minimum atomic E-state index is -1.38. The van der Waals surface area contributed by atoms with E-state index in [9.17, 15) is 9.59 Å². The molecule has 2 amide bonds. The minimum absolute atomic E-state index is 0.273. The van der Waals surface area contributed by atoms with Gasteiger partial charge in [-0.05, 0) is 45.0 Å². The summed E-state index contributed by atoms with van der Waals surface area (Å²) < 4.78 is 17.5. The molecule has 7 nitrogen and oxygen atoms in total. The standard InChI is InChI=1S/C20H27ClN2O5/c1-6-26-20(27-7-2)12(3)18(22-14(5)24)17(13(4)28-20)19(25)23-16-10-8-15(21)9-11-16/h8-12,18H,6-7H2,1-5H3,(H,22,24)(H,23,25)/t12-,18-/m0/s1. The summed E-state index contributed by atoms with van der Waals surface area (Å²) in [4.78, 5) is 24.9. The molecule has 154 valence electrons. The molecule has 0 spiro atoms. The van der Waals surface area contributed by atoms with Gasteiger partial charge in [-0.25, -0.2) is 0 Å². The first kappa shape index (κ1) is 22.2. The molecule has 1 aliphatic rings. The monoisotopic (exact) mass is 410 g/mol. The molecule has 0 saturated carbocycles. The number of halogens is 1. The van der Waals surface area contributed by atoms with E-state index in [1.807, 2.05) is 20.8 Å². The zero-order valence-corrected chi connectivity index (χ0v) is 17.6. The molecule has 1 aromatic rings. The highest BCUT2D eigenvalue weighted by atomic mass is 35.5. The number of carbonyl (C=O) groups is 2. The second-order valence-corrected chi connectivity index (χ2v) is 6.91. The molecule has 2 N–H and O–H groups in total. The molecule has 1 aliphatic heterocycles. The lowest BCUT2D eigenvalue weighted by Crippen LogP contribution is -2.59. The number of allylic oxidation sites excluding steroid dienone is 1. The summed E-state index contributed by atoms with van der Waals surface area (Å²) in [5.74, 6) is -2.20. The van der Waals surface area contributed by atoms with Crippen LogP contribution in [0, 0.1) is 5.92 Å². The third kappa shape index (κ3) is 4.84. The summed E-state index contributed by atoms with van der Waals surface area (Å²) in [5.41, 5.74) is 0.892. The highest BCUT2D eigenvalue weighted by Crippen LogP contribution is 2.39. The van der Waals surface area contributed by atoms with E-state index in [2.05, 4.69) is 10.6 Å². The molecular formula is C20H27ClN2O5. The molecule has 0 fully saturated rings. The lowest BCUT2D eigenvalue weighted by molar-refractivity contribution is -0.393. The van der Waals surface area contributed by atoms with Gasteiger partial charge in [0.1, 0.15) is 5.76 Å². The largest absolute Gasteiger partial charge is 0.443 e. The number of carbonyl (C=O) groups excluding carboxylic acids is 2. The van der Waals surface area contributed by atoms with Gasteiger partial charge in [-0.15, -0.1) is 0 Å². The number of hydrogen-bond acceptors (Lipinski definition) is 5. The Morgan fingerprint density at radius 3 is 2.25 bits per heavy atom. The minimum Gasteiger partial charge on any atom is -0.443 e. The molecule has 0 saturated heterocycles. The second-order valence-electron chi connectivity index (χ2n) is 6.47. The number of amides is 2. The van der Waals surface area contributed by atoms with Crippen molar-refractivity contribution in [2.24, 2.45) is 5.92 Å².